The second kappa shape index (κ2) is 13.3. The Kier molecular flexibility index (Phi) is 8.89. The number of fused-ring (bicyclic) bond motifs is 1. The largest absolute Gasteiger partial charge is 0.462 e. The van der Waals surface area contributed by atoms with E-state index in [2.05, 4.69) is 30.5 Å². The van der Waals surface area contributed by atoms with Crippen LogP contribution in [-0.2, 0) is 16.1 Å². The maximum Gasteiger partial charge on any atom is 0.340 e. The number of anilines is 1. The van der Waals surface area contributed by atoms with Crippen LogP contribution in [0.1, 0.15) is 41.4 Å². The molecule has 0 aliphatic carbocycles. The van der Waals surface area contributed by atoms with Crippen LogP contribution in [0.3, 0.4) is 0 Å². The first-order valence-corrected chi connectivity index (χ1v) is 15.3. The third-order valence-corrected chi connectivity index (χ3v) is 8.42. The number of piperidine rings is 1. The van der Waals surface area contributed by atoms with Crippen LogP contribution in [-0.4, -0.2) is 63.3 Å². The lowest BCUT2D eigenvalue weighted by Gasteiger charge is -2.32. The first kappa shape index (κ1) is 29.4. The third kappa shape index (κ3) is 6.61. The Labute approximate surface area is 258 Å². The highest BCUT2D eigenvalue weighted by Gasteiger charge is 2.26. The van der Waals surface area contributed by atoms with Crippen molar-refractivity contribution in [3.05, 3.63) is 82.9 Å². The Morgan fingerprint density at radius 1 is 1.14 bits per heavy atom. The van der Waals surface area contributed by atoms with Crippen LogP contribution in [0.25, 0.3) is 28.1 Å². The summed E-state index contributed by atoms with van der Waals surface area (Å²) in [5.74, 6) is 0.275. The number of rotatable bonds is 9. The summed E-state index contributed by atoms with van der Waals surface area (Å²) < 4.78 is 5.38. The van der Waals surface area contributed by atoms with Gasteiger partial charge in [0.1, 0.15) is 0 Å². The van der Waals surface area contributed by atoms with Crippen molar-refractivity contribution in [1.82, 2.24) is 30.6 Å². The monoisotopic (exact) mass is 609 g/mol. The van der Waals surface area contributed by atoms with E-state index >= 15 is 0 Å². The number of carbonyl (C=O) groups excluding carboxylic acids is 3. The van der Waals surface area contributed by atoms with Crippen molar-refractivity contribution in [3.8, 4) is 11.3 Å². The van der Waals surface area contributed by atoms with E-state index in [9.17, 15) is 14.4 Å². The normalized spacial score (nSPS) is 16.5. The Hall–Kier alpha value is -4.68. The zero-order valence-electron chi connectivity index (χ0n) is 24.2. The van der Waals surface area contributed by atoms with Gasteiger partial charge in [-0.1, -0.05) is 24.3 Å². The molecule has 0 saturated carbocycles. The number of nitrogens with zero attached hydrogens (tertiary/aromatic N) is 5. The van der Waals surface area contributed by atoms with Crippen molar-refractivity contribution in [2.24, 2.45) is 5.92 Å². The van der Waals surface area contributed by atoms with Gasteiger partial charge in [0.2, 0.25) is 5.95 Å². The lowest BCUT2D eigenvalue weighted by atomic mass is 9.97. The number of aromatic nitrogens is 4. The maximum absolute atomic E-state index is 13.0. The van der Waals surface area contributed by atoms with Gasteiger partial charge in [-0.3, -0.25) is 24.9 Å². The summed E-state index contributed by atoms with van der Waals surface area (Å²) in [4.78, 5) is 56.9. The quantitative estimate of drug-likeness (QED) is 0.203. The predicted molar refractivity (Wildman–Crippen MR) is 169 cm³/mol. The summed E-state index contributed by atoms with van der Waals surface area (Å²) in [7, 11) is 0. The van der Waals surface area contributed by atoms with Crippen molar-refractivity contribution in [3.63, 3.8) is 0 Å². The highest BCUT2D eigenvalue weighted by molar-refractivity contribution is 8.18. The van der Waals surface area contributed by atoms with E-state index < -0.39 is 11.9 Å². The molecule has 0 atom stereocenters. The Morgan fingerprint density at radius 2 is 1.98 bits per heavy atom. The number of pyridine rings is 2. The number of carbonyl (C=O) groups is 3. The summed E-state index contributed by atoms with van der Waals surface area (Å²) in [5.41, 5.74) is 3.27. The van der Waals surface area contributed by atoms with E-state index in [0.717, 1.165) is 66.1 Å². The summed E-state index contributed by atoms with van der Waals surface area (Å²) in [5, 5.41) is 7.37. The molecular formula is C32H31N7O4S. The molecule has 11 nitrogen and oxygen atoms in total. The maximum atomic E-state index is 13.0. The van der Waals surface area contributed by atoms with Gasteiger partial charge in [0.25, 0.3) is 11.1 Å². The number of amides is 2. The Morgan fingerprint density at radius 3 is 2.77 bits per heavy atom. The number of benzene rings is 1. The SMILES string of the molecule is CCOC(=O)c1cc(CNCC2CCN(c3nccc(/C=C4\SC(=O)NC4=O)n3)CC2)cnc1-c1cncc2ccccc12. The Balaban J connectivity index is 1.07. The number of nitrogens with one attached hydrogen (secondary N) is 2. The molecular weight excluding hydrogens is 578 g/mol. The van der Waals surface area contributed by atoms with Crippen LogP contribution in [0, 0.1) is 5.92 Å². The number of ether oxygens (including phenoxy) is 1. The van der Waals surface area contributed by atoms with Gasteiger partial charge in [-0.2, -0.15) is 0 Å². The predicted octanol–water partition coefficient (Wildman–Crippen LogP) is 4.59. The number of imide groups is 1. The van der Waals surface area contributed by atoms with Gasteiger partial charge in [-0.25, -0.2) is 14.8 Å². The number of esters is 1. The van der Waals surface area contributed by atoms with Gasteiger partial charge in [-0.05, 0) is 73.1 Å². The molecule has 2 aliphatic rings. The van der Waals surface area contributed by atoms with Gasteiger partial charge in [-0.15, -0.1) is 0 Å². The van der Waals surface area contributed by atoms with Crippen molar-refractivity contribution in [2.45, 2.75) is 26.3 Å². The molecule has 2 amide bonds. The molecule has 5 heterocycles. The van der Waals surface area contributed by atoms with Crippen molar-refractivity contribution >= 4 is 51.7 Å². The lowest BCUT2D eigenvalue weighted by Crippen LogP contribution is -2.38. The van der Waals surface area contributed by atoms with Crippen LogP contribution < -0.4 is 15.5 Å². The minimum absolute atomic E-state index is 0.275. The van der Waals surface area contributed by atoms with E-state index in [4.69, 9.17) is 9.72 Å². The van der Waals surface area contributed by atoms with Crippen LogP contribution in [0.2, 0.25) is 0 Å². The molecule has 4 aromatic rings. The molecule has 2 aliphatic heterocycles. The molecule has 12 heteroatoms. The third-order valence-electron chi connectivity index (χ3n) is 7.61. The fourth-order valence-corrected chi connectivity index (χ4v) is 6.06. The summed E-state index contributed by atoms with van der Waals surface area (Å²) in [6, 6.07) is 11.5. The van der Waals surface area contributed by atoms with Gasteiger partial charge in [0.15, 0.2) is 0 Å². The van der Waals surface area contributed by atoms with Crippen LogP contribution in [0.4, 0.5) is 10.7 Å². The van der Waals surface area contributed by atoms with Crippen LogP contribution in [0.15, 0.2) is 66.1 Å². The van der Waals surface area contributed by atoms with Gasteiger partial charge < -0.3 is 15.0 Å². The van der Waals surface area contributed by atoms with Crippen LogP contribution >= 0.6 is 11.8 Å². The van der Waals surface area contributed by atoms with E-state index in [1.54, 1.807) is 43.9 Å². The standard InChI is InChI=1S/C32H31N7O4S/c1-2-43-30(41)25-13-21(17-36-28(25)26-19-34-18-22-5-3-4-6-24(22)26)16-33-15-20-8-11-39(12-9-20)31-35-10-7-23(37-31)14-27-29(40)38-32(42)44-27/h3-7,10,13-14,17-20,33H,2,8-9,11-12,15-16H2,1H3,(H,38,40,42)/b27-14-. The second-order valence-corrected chi connectivity index (χ2v) is 11.6. The molecule has 2 fully saturated rings. The van der Waals surface area contributed by atoms with Crippen LogP contribution in [0.5, 0.6) is 0 Å². The molecule has 1 aromatic carbocycles. The molecule has 6 rings (SSSR count). The first-order chi connectivity index (χ1) is 21.5. The van der Waals surface area contributed by atoms with Crippen molar-refractivity contribution in [2.75, 3.05) is 31.1 Å². The van der Waals surface area contributed by atoms with Gasteiger partial charge >= 0.3 is 5.97 Å². The second-order valence-electron chi connectivity index (χ2n) is 10.6. The summed E-state index contributed by atoms with van der Waals surface area (Å²) in [6.45, 7) is 5.08. The minimum atomic E-state index is -0.404. The summed E-state index contributed by atoms with van der Waals surface area (Å²) in [6.07, 6.45) is 10.6. The highest BCUT2D eigenvalue weighted by atomic mass is 32.2. The van der Waals surface area contributed by atoms with Crippen molar-refractivity contribution in [1.29, 1.82) is 0 Å². The van der Waals surface area contributed by atoms with E-state index in [1.165, 1.54) is 0 Å². The minimum Gasteiger partial charge on any atom is -0.462 e. The van der Waals surface area contributed by atoms with Gasteiger partial charge in [0, 0.05) is 55.4 Å². The molecule has 0 radical (unpaired) electrons. The first-order valence-electron chi connectivity index (χ1n) is 14.5. The fourth-order valence-electron chi connectivity index (χ4n) is 5.40. The molecule has 2 N–H and O–H groups in total. The molecule has 0 unspecified atom stereocenters. The average Bonchev–Trinajstić information content (AvgIpc) is 3.37. The number of thioether (sulfide) groups is 1. The van der Waals surface area contributed by atoms with Crippen molar-refractivity contribution < 1.29 is 19.1 Å². The summed E-state index contributed by atoms with van der Waals surface area (Å²) >= 11 is 0.871. The molecule has 0 spiro atoms. The zero-order valence-corrected chi connectivity index (χ0v) is 25.0. The molecule has 224 valence electrons. The van der Waals surface area contributed by atoms with E-state index in [-0.39, 0.29) is 11.8 Å². The fraction of sp³-hybridized carbons (Fsp3) is 0.281. The Bertz CT molecular complexity index is 1750. The average molecular weight is 610 g/mol. The zero-order chi connectivity index (χ0) is 30.5. The topological polar surface area (TPSA) is 139 Å². The molecule has 0 bridgehead atoms. The lowest BCUT2D eigenvalue weighted by molar-refractivity contribution is -0.115. The number of hydrogen-bond acceptors (Lipinski definition) is 11. The van der Waals surface area contributed by atoms with E-state index in [0.29, 0.717) is 40.3 Å². The highest BCUT2D eigenvalue weighted by Crippen LogP contribution is 2.30. The molecule has 2 saturated heterocycles. The van der Waals surface area contributed by atoms with Gasteiger partial charge in [0.05, 0.1) is 28.5 Å². The molecule has 3 aromatic heterocycles. The smallest absolute Gasteiger partial charge is 0.340 e. The molecule has 44 heavy (non-hydrogen) atoms. The number of hydrogen-bond donors (Lipinski definition) is 2. The van der Waals surface area contributed by atoms with E-state index in [1.807, 2.05) is 30.3 Å².